The first-order chi connectivity index (χ1) is 13.5. The van der Waals surface area contributed by atoms with Crippen molar-refractivity contribution in [3.63, 3.8) is 0 Å². The van der Waals surface area contributed by atoms with E-state index in [-0.39, 0.29) is 12.3 Å². The molecule has 0 aliphatic rings. The van der Waals surface area contributed by atoms with E-state index in [2.05, 4.69) is 0 Å². The number of ether oxygens (including phenoxy) is 3. The van der Waals surface area contributed by atoms with Crippen molar-refractivity contribution in [3.8, 4) is 28.4 Å². The Balaban J connectivity index is 1.96. The van der Waals surface area contributed by atoms with Gasteiger partial charge in [0.1, 0.15) is 23.9 Å². The van der Waals surface area contributed by atoms with Crippen molar-refractivity contribution in [1.82, 2.24) is 0 Å². The van der Waals surface area contributed by atoms with Gasteiger partial charge in [0.2, 0.25) is 0 Å². The Kier molecular flexibility index (Phi) is 5.79. The molecule has 0 spiro atoms. The van der Waals surface area contributed by atoms with Gasteiger partial charge in [0.05, 0.1) is 19.1 Å². The van der Waals surface area contributed by atoms with Crippen molar-refractivity contribution in [2.45, 2.75) is 13.5 Å². The number of methoxy groups -OCH3 is 2. The van der Waals surface area contributed by atoms with Crippen LogP contribution in [-0.4, -0.2) is 19.1 Å². The van der Waals surface area contributed by atoms with E-state index >= 15 is 0 Å². The van der Waals surface area contributed by atoms with Gasteiger partial charge >= 0.3 is 0 Å². The van der Waals surface area contributed by atoms with Gasteiger partial charge in [-0.05, 0) is 42.8 Å². The maximum atomic E-state index is 11.2. The maximum absolute atomic E-state index is 11.2. The molecule has 0 saturated heterocycles. The second-order valence-corrected chi connectivity index (χ2v) is 6.27. The first-order valence-electron chi connectivity index (χ1n) is 8.71. The van der Waals surface area contributed by atoms with Crippen LogP contribution in [0.25, 0.3) is 11.1 Å². The van der Waals surface area contributed by atoms with Crippen LogP contribution < -0.4 is 14.2 Å². The molecule has 0 aromatic heterocycles. The zero-order chi connectivity index (χ0) is 20.1. The molecule has 0 atom stereocenters. The molecule has 0 N–H and O–H groups in total. The molecule has 0 heterocycles. The zero-order valence-corrected chi connectivity index (χ0v) is 16.0. The molecular formula is C22H21NO5. The van der Waals surface area contributed by atoms with Crippen molar-refractivity contribution in [2.75, 3.05) is 14.2 Å². The minimum atomic E-state index is -0.416. The summed E-state index contributed by atoms with van der Waals surface area (Å²) in [4.78, 5) is 10.8. The van der Waals surface area contributed by atoms with E-state index in [4.69, 9.17) is 14.2 Å². The summed E-state index contributed by atoms with van der Waals surface area (Å²) >= 11 is 0. The highest BCUT2D eigenvalue weighted by Gasteiger charge is 2.15. The SMILES string of the molecule is COc1ccc(-c2cc([N+](=O)[O-])ccc2OCc2cc(C)ccc2OC)cc1. The highest BCUT2D eigenvalue weighted by atomic mass is 16.6. The number of nitro benzene ring substituents is 1. The number of rotatable bonds is 7. The van der Waals surface area contributed by atoms with Crippen LogP contribution in [0, 0.1) is 17.0 Å². The Hall–Kier alpha value is -3.54. The molecule has 0 radical (unpaired) electrons. The summed E-state index contributed by atoms with van der Waals surface area (Å²) in [6.07, 6.45) is 0. The van der Waals surface area contributed by atoms with Gasteiger partial charge in [-0.1, -0.05) is 23.8 Å². The fourth-order valence-corrected chi connectivity index (χ4v) is 2.93. The first-order valence-corrected chi connectivity index (χ1v) is 8.71. The number of hydrogen-bond acceptors (Lipinski definition) is 5. The molecule has 3 aromatic rings. The molecule has 0 saturated carbocycles. The molecule has 0 bridgehead atoms. The van der Waals surface area contributed by atoms with Crippen LogP contribution in [0.5, 0.6) is 17.2 Å². The molecule has 6 nitrogen and oxygen atoms in total. The Morgan fingerprint density at radius 2 is 1.61 bits per heavy atom. The summed E-state index contributed by atoms with van der Waals surface area (Å²) in [5.74, 6) is 2.00. The van der Waals surface area contributed by atoms with Crippen LogP contribution in [0.2, 0.25) is 0 Å². The molecule has 144 valence electrons. The minimum Gasteiger partial charge on any atom is -0.497 e. The molecule has 3 rings (SSSR count). The van der Waals surface area contributed by atoms with E-state index in [9.17, 15) is 10.1 Å². The number of aryl methyl sites for hydroxylation is 1. The highest BCUT2D eigenvalue weighted by molar-refractivity contribution is 5.73. The molecule has 0 amide bonds. The first kappa shape index (κ1) is 19.2. The predicted octanol–water partition coefficient (Wildman–Crippen LogP) is 5.17. The molecule has 0 aliphatic heterocycles. The van der Waals surface area contributed by atoms with E-state index in [1.807, 2.05) is 49.4 Å². The largest absolute Gasteiger partial charge is 0.497 e. The van der Waals surface area contributed by atoms with Crippen molar-refractivity contribution in [2.24, 2.45) is 0 Å². The Bertz CT molecular complexity index is 983. The summed E-state index contributed by atoms with van der Waals surface area (Å²) in [7, 11) is 3.20. The number of nitro groups is 1. The lowest BCUT2D eigenvalue weighted by molar-refractivity contribution is -0.384. The quantitative estimate of drug-likeness (QED) is 0.418. The van der Waals surface area contributed by atoms with Crippen molar-refractivity contribution < 1.29 is 19.1 Å². The van der Waals surface area contributed by atoms with Crippen LogP contribution in [0.15, 0.2) is 60.7 Å². The predicted molar refractivity (Wildman–Crippen MR) is 107 cm³/mol. The lowest BCUT2D eigenvalue weighted by Crippen LogP contribution is -2.01. The van der Waals surface area contributed by atoms with E-state index in [0.29, 0.717) is 17.1 Å². The van der Waals surface area contributed by atoms with E-state index in [1.165, 1.54) is 12.1 Å². The fraction of sp³-hybridized carbons (Fsp3) is 0.182. The number of benzene rings is 3. The second kappa shape index (κ2) is 8.43. The molecule has 0 fully saturated rings. The summed E-state index contributed by atoms with van der Waals surface area (Å²) in [6, 6.07) is 17.8. The molecule has 28 heavy (non-hydrogen) atoms. The van der Waals surface area contributed by atoms with Crippen LogP contribution in [-0.2, 0) is 6.61 Å². The molecule has 0 aliphatic carbocycles. The van der Waals surface area contributed by atoms with E-state index < -0.39 is 4.92 Å². The third-order valence-corrected chi connectivity index (χ3v) is 4.39. The van der Waals surface area contributed by atoms with Crippen LogP contribution >= 0.6 is 0 Å². The normalized spacial score (nSPS) is 10.4. The summed E-state index contributed by atoms with van der Waals surface area (Å²) in [5, 5.41) is 11.2. The third kappa shape index (κ3) is 4.23. The Labute approximate surface area is 163 Å². The zero-order valence-electron chi connectivity index (χ0n) is 16.0. The monoisotopic (exact) mass is 379 g/mol. The van der Waals surface area contributed by atoms with E-state index in [1.54, 1.807) is 20.3 Å². The summed E-state index contributed by atoms with van der Waals surface area (Å²) in [5.41, 5.74) is 3.45. The van der Waals surface area contributed by atoms with Crippen molar-refractivity contribution in [3.05, 3.63) is 81.9 Å². The molecule has 0 unspecified atom stereocenters. The van der Waals surface area contributed by atoms with Crippen LogP contribution in [0.4, 0.5) is 5.69 Å². The smallest absolute Gasteiger partial charge is 0.270 e. The van der Waals surface area contributed by atoms with Crippen molar-refractivity contribution >= 4 is 5.69 Å². The number of nitrogens with zero attached hydrogens (tertiary/aromatic N) is 1. The highest BCUT2D eigenvalue weighted by Crippen LogP contribution is 2.35. The van der Waals surface area contributed by atoms with Crippen LogP contribution in [0.3, 0.4) is 0 Å². The molecule has 3 aromatic carbocycles. The van der Waals surface area contributed by atoms with Gasteiger partial charge in [0, 0.05) is 23.3 Å². The average Bonchev–Trinajstić information content (AvgIpc) is 2.72. The minimum absolute atomic E-state index is 0.00584. The molecular weight excluding hydrogens is 358 g/mol. The summed E-state index contributed by atoms with van der Waals surface area (Å²) in [6.45, 7) is 2.28. The fourth-order valence-electron chi connectivity index (χ4n) is 2.93. The lowest BCUT2D eigenvalue weighted by Gasteiger charge is -2.14. The van der Waals surface area contributed by atoms with Crippen LogP contribution in [0.1, 0.15) is 11.1 Å². The topological polar surface area (TPSA) is 70.8 Å². The second-order valence-electron chi connectivity index (χ2n) is 6.27. The van der Waals surface area contributed by atoms with Gasteiger partial charge in [0.15, 0.2) is 0 Å². The van der Waals surface area contributed by atoms with Gasteiger partial charge < -0.3 is 14.2 Å². The Morgan fingerprint density at radius 1 is 0.893 bits per heavy atom. The average molecular weight is 379 g/mol. The van der Waals surface area contributed by atoms with Crippen molar-refractivity contribution in [1.29, 1.82) is 0 Å². The number of hydrogen-bond donors (Lipinski definition) is 0. The standard InChI is InChI=1S/C22H21NO5/c1-15-4-10-21(27-3)17(12-15)14-28-22-11-7-18(23(24)25)13-20(22)16-5-8-19(26-2)9-6-16/h4-13H,14H2,1-3H3. The van der Waals surface area contributed by atoms with Gasteiger partial charge in [-0.15, -0.1) is 0 Å². The van der Waals surface area contributed by atoms with Gasteiger partial charge in [-0.25, -0.2) is 0 Å². The maximum Gasteiger partial charge on any atom is 0.270 e. The Morgan fingerprint density at radius 3 is 2.25 bits per heavy atom. The molecule has 6 heteroatoms. The number of non-ortho nitro benzene ring substituents is 1. The van der Waals surface area contributed by atoms with Gasteiger partial charge in [-0.3, -0.25) is 10.1 Å². The van der Waals surface area contributed by atoms with E-state index in [0.717, 1.165) is 22.4 Å². The third-order valence-electron chi connectivity index (χ3n) is 4.39. The van der Waals surface area contributed by atoms with Gasteiger partial charge in [-0.2, -0.15) is 0 Å². The lowest BCUT2D eigenvalue weighted by atomic mass is 10.0. The van der Waals surface area contributed by atoms with Gasteiger partial charge in [0.25, 0.3) is 5.69 Å². The summed E-state index contributed by atoms with van der Waals surface area (Å²) < 4.78 is 16.6.